The van der Waals surface area contributed by atoms with Crippen molar-refractivity contribution in [2.45, 2.75) is 12.6 Å². The zero-order valence-electron chi connectivity index (χ0n) is 20.0. The van der Waals surface area contributed by atoms with Crippen LogP contribution in [-0.2, 0) is 11.3 Å². The molecule has 200 valence electrons. The summed E-state index contributed by atoms with van der Waals surface area (Å²) < 4.78 is 31.3. The number of nitrogens with one attached hydrogen (secondary N) is 1. The zero-order chi connectivity index (χ0) is 26.8. The van der Waals surface area contributed by atoms with Crippen molar-refractivity contribution in [1.82, 2.24) is 10.2 Å². The predicted octanol–water partition coefficient (Wildman–Crippen LogP) is 3.76. The van der Waals surface area contributed by atoms with Crippen molar-refractivity contribution in [3.63, 3.8) is 0 Å². The van der Waals surface area contributed by atoms with Crippen molar-refractivity contribution < 1.29 is 32.5 Å². The molecule has 5 rings (SSSR count). The highest BCUT2D eigenvalue weighted by Crippen LogP contribution is 2.29. The summed E-state index contributed by atoms with van der Waals surface area (Å²) in [6.45, 7) is 3.02. The van der Waals surface area contributed by atoms with E-state index < -0.39 is 28.8 Å². The maximum Gasteiger partial charge on any atom is 0.433 e. The number of hydrogen-bond donors (Lipinski definition) is 1. The molecule has 2 aliphatic heterocycles. The standard InChI is InChI=1S/C24H23BrFN5O7/c25-21-5-4-20(38-21)23(32)27-12-17-14-30(24(33)37-17)15-1-3-19(18(26)11-15)29-9-7-28(8-10-29)13-16-2-6-22(36-16)31(34)35/h1-6,11,17H,7-10,12-14H2,(H,27,32)/t17-/m0/s1. The van der Waals surface area contributed by atoms with Gasteiger partial charge in [0.15, 0.2) is 10.4 Å². The number of halogens is 2. The molecule has 0 saturated carbocycles. The molecule has 2 aliphatic rings. The first-order valence-corrected chi connectivity index (χ1v) is 12.6. The van der Waals surface area contributed by atoms with Gasteiger partial charge in [-0.05, 0) is 52.3 Å². The van der Waals surface area contributed by atoms with E-state index in [9.17, 15) is 19.7 Å². The number of nitro groups is 1. The third-order valence-corrected chi connectivity index (χ3v) is 6.75. The lowest BCUT2D eigenvalue weighted by Crippen LogP contribution is -2.46. The van der Waals surface area contributed by atoms with Gasteiger partial charge < -0.3 is 23.8 Å². The fourth-order valence-electron chi connectivity index (χ4n) is 4.41. The van der Waals surface area contributed by atoms with Gasteiger partial charge in [-0.3, -0.25) is 24.7 Å². The summed E-state index contributed by atoms with van der Waals surface area (Å²) in [4.78, 5) is 40.1. The van der Waals surface area contributed by atoms with Gasteiger partial charge in [-0.1, -0.05) is 0 Å². The summed E-state index contributed by atoms with van der Waals surface area (Å²) in [7, 11) is 0. The lowest BCUT2D eigenvalue weighted by molar-refractivity contribution is -0.402. The van der Waals surface area contributed by atoms with Gasteiger partial charge in [0, 0.05) is 26.2 Å². The van der Waals surface area contributed by atoms with Crippen LogP contribution in [0.25, 0.3) is 0 Å². The van der Waals surface area contributed by atoms with Gasteiger partial charge in [-0.15, -0.1) is 0 Å². The molecular formula is C24H23BrFN5O7. The summed E-state index contributed by atoms with van der Waals surface area (Å²) in [6.07, 6.45) is -1.22. The quantitative estimate of drug-likeness (QED) is 0.307. The summed E-state index contributed by atoms with van der Waals surface area (Å²) >= 11 is 3.13. The second kappa shape index (κ2) is 10.8. The average molecular weight is 592 g/mol. The Morgan fingerprint density at radius 3 is 2.58 bits per heavy atom. The molecule has 0 aliphatic carbocycles. The maximum absolute atomic E-state index is 15.1. The van der Waals surface area contributed by atoms with E-state index in [1.54, 1.807) is 24.3 Å². The lowest BCUT2D eigenvalue weighted by atomic mass is 10.2. The van der Waals surface area contributed by atoms with Crippen molar-refractivity contribution in [2.24, 2.45) is 0 Å². The van der Waals surface area contributed by atoms with Crippen LogP contribution < -0.4 is 15.1 Å². The van der Waals surface area contributed by atoms with Crippen LogP contribution in [0.1, 0.15) is 16.3 Å². The van der Waals surface area contributed by atoms with E-state index >= 15 is 4.39 Å². The highest BCUT2D eigenvalue weighted by atomic mass is 79.9. The number of carbonyl (C=O) groups excluding carboxylic acids is 2. The Kier molecular flexibility index (Phi) is 7.33. The molecule has 12 nitrogen and oxygen atoms in total. The summed E-state index contributed by atoms with van der Waals surface area (Å²) in [5.74, 6) is -0.565. The van der Waals surface area contributed by atoms with E-state index in [0.29, 0.717) is 54.5 Å². The number of hydrogen-bond acceptors (Lipinski definition) is 9. The van der Waals surface area contributed by atoms with E-state index in [1.165, 1.54) is 23.1 Å². The van der Waals surface area contributed by atoms with Crippen LogP contribution in [0.4, 0.5) is 26.4 Å². The van der Waals surface area contributed by atoms with E-state index in [0.717, 1.165) is 0 Å². The van der Waals surface area contributed by atoms with Gasteiger partial charge in [0.2, 0.25) is 0 Å². The number of piperazine rings is 1. The van der Waals surface area contributed by atoms with Crippen molar-refractivity contribution in [1.29, 1.82) is 0 Å². The van der Waals surface area contributed by atoms with E-state index in [2.05, 4.69) is 26.1 Å². The van der Waals surface area contributed by atoms with Gasteiger partial charge in [-0.2, -0.15) is 0 Å². The zero-order valence-corrected chi connectivity index (χ0v) is 21.6. The number of amides is 2. The Labute approximate surface area is 224 Å². The molecule has 2 aromatic heterocycles. The second-order valence-corrected chi connectivity index (χ2v) is 9.61. The van der Waals surface area contributed by atoms with Crippen LogP contribution in [0, 0.1) is 15.9 Å². The minimum Gasteiger partial charge on any atom is -0.444 e. The number of anilines is 2. The van der Waals surface area contributed by atoms with Gasteiger partial charge >= 0.3 is 12.0 Å². The molecule has 2 amide bonds. The first kappa shape index (κ1) is 25.7. The van der Waals surface area contributed by atoms with Crippen LogP contribution in [0.2, 0.25) is 0 Å². The minimum atomic E-state index is -0.621. The Morgan fingerprint density at radius 2 is 1.92 bits per heavy atom. The molecule has 1 aromatic carbocycles. The average Bonchev–Trinajstić information content (AvgIpc) is 3.63. The van der Waals surface area contributed by atoms with Crippen LogP contribution in [0.15, 0.2) is 56.0 Å². The summed E-state index contributed by atoms with van der Waals surface area (Å²) in [5, 5.41) is 13.4. The largest absolute Gasteiger partial charge is 0.444 e. The Hall–Kier alpha value is -3.91. The first-order chi connectivity index (χ1) is 18.3. The first-order valence-electron chi connectivity index (χ1n) is 11.8. The molecule has 0 spiro atoms. The summed E-state index contributed by atoms with van der Waals surface area (Å²) in [5.41, 5.74) is 0.779. The maximum atomic E-state index is 15.1. The van der Waals surface area contributed by atoms with Gasteiger partial charge in [0.05, 0.1) is 37.1 Å². The highest BCUT2D eigenvalue weighted by molar-refractivity contribution is 9.10. The molecule has 14 heteroatoms. The number of nitrogens with zero attached hydrogens (tertiary/aromatic N) is 4. The Bertz CT molecular complexity index is 1350. The Balaban J connectivity index is 1.14. The topological polar surface area (TPSA) is 135 Å². The van der Waals surface area contributed by atoms with Crippen molar-refractivity contribution in [3.8, 4) is 0 Å². The molecule has 0 radical (unpaired) electrons. The van der Waals surface area contributed by atoms with Gasteiger partial charge in [-0.25, -0.2) is 9.18 Å². The number of rotatable bonds is 8. The number of ether oxygens (including phenoxy) is 1. The smallest absolute Gasteiger partial charge is 0.433 e. The van der Waals surface area contributed by atoms with Gasteiger partial charge in [0.1, 0.15) is 22.6 Å². The molecule has 3 aromatic rings. The minimum absolute atomic E-state index is 0.0790. The normalized spacial score (nSPS) is 18.1. The molecule has 4 heterocycles. The number of carbonyl (C=O) groups is 2. The predicted molar refractivity (Wildman–Crippen MR) is 136 cm³/mol. The van der Waals surface area contributed by atoms with E-state index in [-0.39, 0.29) is 24.7 Å². The number of furan rings is 2. The fraction of sp³-hybridized carbons (Fsp3) is 0.333. The highest BCUT2D eigenvalue weighted by Gasteiger charge is 2.33. The molecule has 0 unspecified atom stereocenters. The SMILES string of the molecule is O=C(NC[C@H]1CN(c2ccc(N3CCN(Cc4ccc([N+](=O)[O-])o4)CC3)c(F)c2)C(=O)O1)c1ccc(Br)o1. The number of cyclic esters (lactones) is 1. The van der Waals surface area contributed by atoms with E-state index in [1.807, 2.05) is 4.90 Å². The Morgan fingerprint density at radius 1 is 1.13 bits per heavy atom. The van der Waals surface area contributed by atoms with Crippen molar-refractivity contribution in [3.05, 3.63) is 74.6 Å². The number of benzene rings is 1. The molecule has 1 N–H and O–H groups in total. The molecule has 1 atom stereocenters. The van der Waals surface area contributed by atoms with E-state index in [4.69, 9.17) is 13.6 Å². The molecular weight excluding hydrogens is 569 g/mol. The molecule has 38 heavy (non-hydrogen) atoms. The van der Waals surface area contributed by atoms with Crippen LogP contribution >= 0.6 is 15.9 Å². The monoisotopic (exact) mass is 591 g/mol. The third kappa shape index (κ3) is 5.65. The van der Waals surface area contributed by atoms with Crippen molar-refractivity contribution in [2.75, 3.05) is 49.1 Å². The van der Waals surface area contributed by atoms with Crippen molar-refractivity contribution >= 4 is 45.2 Å². The van der Waals surface area contributed by atoms with Crippen LogP contribution in [0.3, 0.4) is 0 Å². The second-order valence-electron chi connectivity index (χ2n) is 8.83. The summed E-state index contributed by atoms with van der Waals surface area (Å²) in [6, 6.07) is 10.6. The molecule has 2 fully saturated rings. The lowest BCUT2D eigenvalue weighted by Gasteiger charge is -2.36. The van der Waals surface area contributed by atoms with Crippen LogP contribution in [-0.4, -0.2) is 67.2 Å². The third-order valence-electron chi connectivity index (χ3n) is 6.32. The molecule has 2 saturated heterocycles. The fourth-order valence-corrected chi connectivity index (χ4v) is 4.71. The van der Waals surface area contributed by atoms with Gasteiger partial charge in [0.25, 0.3) is 5.91 Å². The van der Waals surface area contributed by atoms with Crippen LogP contribution in [0.5, 0.6) is 0 Å². The molecule has 0 bridgehead atoms.